The van der Waals surface area contributed by atoms with E-state index in [9.17, 15) is 9.59 Å². The Balaban J connectivity index is 2.42. The van der Waals surface area contributed by atoms with Crippen LogP contribution in [0, 0.1) is 0 Å². The summed E-state index contributed by atoms with van der Waals surface area (Å²) in [6.45, 7) is 2.44. The lowest BCUT2D eigenvalue weighted by molar-refractivity contribution is -0.140. The van der Waals surface area contributed by atoms with Crippen molar-refractivity contribution in [1.82, 2.24) is 4.57 Å². The Kier molecular flexibility index (Phi) is 6.36. The number of ether oxygens (including phenoxy) is 1. The molecule has 0 saturated heterocycles. The van der Waals surface area contributed by atoms with Crippen molar-refractivity contribution < 1.29 is 14.3 Å². The first-order valence-electron chi connectivity index (χ1n) is 7.48. The van der Waals surface area contributed by atoms with E-state index in [4.69, 9.17) is 11.6 Å². The van der Waals surface area contributed by atoms with Gasteiger partial charge in [0.05, 0.1) is 23.7 Å². The zero-order chi connectivity index (χ0) is 16.8. The summed E-state index contributed by atoms with van der Waals surface area (Å²) < 4.78 is 7.49. The van der Waals surface area contributed by atoms with Crippen LogP contribution in [0.3, 0.4) is 0 Å². The molecule has 0 aliphatic rings. The van der Waals surface area contributed by atoms with E-state index >= 15 is 0 Å². The van der Waals surface area contributed by atoms with Gasteiger partial charge in [-0.1, -0.05) is 36.3 Å². The Bertz CT molecular complexity index is 779. The predicted molar refractivity (Wildman–Crippen MR) is 91.6 cm³/mol. The number of unbranched alkanes of at least 4 members (excludes halogenated alkanes) is 1. The number of carbonyl (C=O) groups excluding carboxylic acids is 2. The Morgan fingerprint density at radius 3 is 2.83 bits per heavy atom. The first kappa shape index (κ1) is 17.7. The number of benzene rings is 1. The Labute approximate surface area is 143 Å². The Hall–Kier alpha value is -1.66. The number of methoxy groups -OCH3 is 1. The zero-order valence-corrected chi connectivity index (χ0v) is 14.7. The van der Waals surface area contributed by atoms with Crippen LogP contribution in [0.4, 0.5) is 0 Å². The van der Waals surface area contributed by atoms with E-state index in [0.717, 1.165) is 23.1 Å². The van der Waals surface area contributed by atoms with Crippen LogP contribution in [-0.4, -0.2) is 23.6 Å². The Morgan fingerprint density at radius 2 is 2.13 bits per heavy atom. The summed E-state index contributed by atoms with van der Waals surface area (Å²) in [6.07, 6.45) is 2.43. The van der Waals surface area contributed by atoms with Gasteiger partial charge in [-0.25, -0.2) is 0 Å². The summed E-state index contributed by atoms with van der Waals surface area (Å²) in [5.74, 6) is -0.439. The molecule has 1 heterocycles. The van der Waals surface area contributed by atoms with E-state index in [1.807, 2.05) is 23.6 Å². The predicted octanol–water partition coefficient (Wildman–Crippen LogP) is 3.54. The Morgan fingerprint density at radius 1 is 1.35 bits per heavy atom. The quantitative estimate of drug-likeness (QED) is 0.745. The number of aromatic nitrogens is 1. The average Bonchev–Trinajstić information content (AvgIpc) is 2.86. The van der Waals surface area contributed by atoms with Crippen LogP contribution in [-0.2, 0) is 20.9 Å². The highest BCUT2D eigenvalue weighted by Crippen LogP contribution is 2.22. The SMILES string of the molecule is CCCCC(=O)N=c1sc2cc(Cl)ccc2n1CCC(=O)OC. The summed E-state index contributed by atoms with van der Waals surface area (Å²) >= 11 is 7.43. The number of fused-ring (bicyclic) bond motifs is 1. The molecule has 0 N–H and O–H groups in total. The molecular weight excluding hydrogens is 336 g/mol. The number of halogens is 1. The van der Waals surface area contributed by atoms with E-state index in [1.54, 1.807) is 6.07 Å². The fraction of sp³-hybridized carbons (Fsp3) is 0.438. The van der Waals surface area contributed by atoms with Crippen molar-refractivity contribution in [2.24, 2.45) is 4.99 Å². The third kappa shape index (κ3) is 4.65. The van der Waals surface area contributed by atoms with Crippen molar-refractivity contribution in [2.45, 2.75) is 39.2 Å². The van der Waals surface area contributed by atoms with Crippen LogP contribution in [0.1, 0.15) is 32.6 Å². The summed E-state index contributed by atoms with van der Waals surface area (Å²) in [4.78, 5) is 28.2. The minimum Gasteiger partial charge on any atom is -0.469 e. The molecule has 2 aromatic rings. The maximum absolute atomic E-state index is 12.0. The van der Waals surface area contributed by atoms with Crippen molar-refractivity contribution in [3.05, 3.63) is 28.0 Å². The van der Waals surface area contributed by atoms with Gasteiger partial charge in [-0.15, -0.1) is 0 Å². The van der Waals surface area contributed by atoms with Gasteiger partial charge in [0.1, 0.15) is 0 Å². The van der Waals surface area contributed by atoms with Crippen molar-refractivity contribution in [3.63, 3.8) is 0 Å². The number of thiazole rings is 1. The standard InChI is InChI=1S/C16H19ClN2O3S/c1-3-4-5-14(20)18-16-19(9-8-15(21)22-2)12-7-6-11(17)10-13(12)23-16/h6-7,10H,3-5,8-9H2,1-2H3. The van der Waals surface area contributed by atoms with Crippen molar-refractivity contribution >= 4 is 45.0 Å². The lowest BCUT2D eigenvalue weighted by Crippen LogP contribution is -2.19. The van der Waals surface area contributed by atoms with Gasteiger partial charge in [-0.2, -0.15) is 4.99 Å². The van der Waals surface area contributed by atoms with Crippen molar-refractivity contribution in [1.29, 1.82) is 0 Å². The number of carbonyl (C=O) groups is 2. The molecule has 0 radical (unpaired) electrons. The van der Waals surface area contributed by atoms with Crippen molar-refractivity contribution in [2.75, 3.05) is 7.11 Å². The summed E-state index contributed by atoms with van der Waals surface area (Å²) in [5, 5.41) is 0.628. The van der Waals surface area contributed by atoms with Crippen LogP contribution in [0.15, 0.2) is 23.2 Å². The van der Waals surface area contributed by atoms with E-state index in [2.05, 4.69) is 9.73 Å². The monoisotopic (exact) mass is 354 g/mol. The van der Waals surface area contributed by atoms with E-state index < -0.39 is 0 Å². The molecule has 0 aliphatic heterocycles. The number of amides is 1. The largest absolute Gasteiger partial charge is 0.469 e. The van der Waals surface area contributed by atoms with Crippen LogP contribution >= 0.6 is 22.9 Å². The molecule has 0 unspecified atom stereocenters. The maximum Gasteiger partial charge on any atom is 0.307 e. The first-order valence-corrected chi connectivity index (χ1v) is 8.68. The second-order valence-electron chi connectivity index (χ2n) is 5.08. The van der Waals surface area contributed by atoms with Gasteiger partial charge in [-0.05, 0) is 24.6 Å². The second-order valence-corrected chi connectivity index (χ2v) is 6.53. The highest BCUT2D eigenvalue weighted by atomic mass is 35.5. The highest BCUT2D eigenvalue weighted by Gasteiger charge is 2.10. The molecule has 0 spiro atoms. The minimum absolute atomic E-state index is 0.142. The van der Waals surface area contributed by atoms with Crippen LogP contribution < -0.4 is 4.80 Å². The van der Waals surface area contributed by atoms with Crippen LogP contribution in [0.2, 0.25) is 5.02 Å². The van der Waals surface area contributed by atoms with Gasteiger partial charge in [0.2, 0.25) is 5.91 Å². The van der Waals surface area contributed by atoms with Gasteiger partial charge < -0.3 is 9.30 Å². The fourth-order valence-electron chi connectivity index (χ4n) is 2.14. The molecule has 1 aromatic heterocycles. The normalized spacial score (nSPS) is 11.9. The molecule has 23 heavy (non-hydrogen) atoms. The molecule has 0 fully saturated rings. The lowest BCUT2D eigenvalue weighted by Gasteiger charge is -2.04. The molecule has 1 aromatic carbocycles. The molecule has 124 valence electrons. The molecule has 0 bridgehead atoms. The number of aryl methyl sites for hydroxylation is 1. The second kappa shape index (κ2) is 8.26. The topological polar surface area (TPSA) is 60.7 Å². The number of nitrogens with zero attached hydrogens (tertiary/aromatic N) is 2. The molecule has 2 rings (SSSR count). The summed E-state index contributed by atoms with van der Waals surface area (Å²) in [5.41, 5.74) is 0.908. The summed E-state index contributed by atoms with van der Waals surface area (Å²) in [6, 6.07) is 5.50. The molecule has 0 saturated carbocycles. The van der Waals surface area contributed by atoms with Gasteiger partial charge >= 0.3 is 5.97 Å². The number of rotatable bonds is 6. The van der Waals surface area contributed by atoms with Gasteiger partial charge in [0.15, 0.2) is 4.80 Å². The zero-order valence-electron chi connectivity index (χ0n) is 13.2. The molecule has 1 amide bonds. The van der Waals surface area contributed by atoms with E-state index in [1.165, 1.54) is 18.4 Å². The summed E-state index contributed by atoms with van der Waals surface area (Å²) in [7, 11) is 1.36. The minimum atomic E-state index is -0.297. The van der Waals surface area contributed by atoms with Gasteiger partial charge in [0.25, 0.3) is 0 Å². The van der Waals surface area contributed by atoms with Crippen LogP contribution in [0.25, 0.3) is 10.2 Å². The maximum atomic E-state index is 12.0. The smallest absolute Gasteiger partial charge is 0.307 e. The van der Waals surface area contributed by atoms with Crippen molar-refractivity contribution in [3.8, 4) is 0 Å². The molecule has 0 aliphatic carbocycles. The van der Waals surface area contributed by atoms with E-state index in [0.29, 0.717) is 22.8 Å². The lowest BCUT2D eigenvalue weighted by atomic mass is 10.2. The van der Waals surface area contributed by atoms with Gasteiger partial charge in [0, 0.05) is 18.0 Å². The highest BCUT2D eigenvalue weighted by molar-refractivity contribution is 7.16. The van der Waals surface area contributed by atoms with E-state index in [-0.39, 0.29) is 18.3 Å². The number of esters is 1. The molecular formula is C16H19ClN2O3S. The fourth-order valence-corrected chi connectivity index (χ4v) is 3.49. The third-order valence-corrected chi connectivity index (χ3v) is 4.65. The van der Waals surface area contributed by atoms with Gasteiger partial charge in [-0.3, -0.25) is 9.59 Å². The number of hydrogen-bond acceptors (Lipinski definition) is 4. The molecule has 0 atom stereocenters. The van der Waals surface area contributed by atoms with Crippen LogP contribution in [0.5, 0.6) is 0 Å². The number of hydrogen-bond donors (Lipinski definition) is 0. The third-order valence-electron chi connectivity index (χ3n) is 3.38. The average molecular weight is 355 g/mol. The molecule has 7 heteroatoms. The molecule has 5 nitrogen and oxygen atoms in total. The first-order chi connectivity index (χ1) is 11.0.